The van der Waals surface area contributed by atoms with Crippen molar-refractivity contribution in [1.82, 2.24) is 10.2 Å². The average molecular weight is 409 g/mol. The van der Waals surface area contributed by atoms with Gasteiger partial charge in [-0.1, -0.05) is 33.8 Å². The third kappa shape index (κ3) is 5.13. The minimum atomic E-state index is -0.467. The molecule has 0 bridgehead atoms. The van der Waals surface area contributed by atoms with Crippen molar-refractivity contribution in [3.8, 4) is 11.5 Å². The van der Waals surface area contributed by atoms with Crippen LogP contribution in [0.1, 0.15) is 45.1 Å². The number of hydrogen-bond donors (Lipinski definition) is 1. The highest BCUT2D eigenvalue weighted by Crippen LogP contribution is 2.44. The Bertz CT molecular complexity index is 693. The minimum absolute atomic E-state index is 0.0196. The first-order valence-corrected chi connectivity index (χ1v) is 10.8. The largest absolute Gasteiger partial charge is 0.493 e. The van der Waals surface area contributed by atoms with E-state index in [2.05, 4.69) is 19.2 Å². The third-order valence-electron chi connectivity index (χ3n) is 4.77. The van der Waals surface area contributed by atoms with Crippen LogP contribution in [0.4, 0.5) is 0 Å². The minimum Gasteiger partial charge on any atom is -0.493 e. The summed E-state index contributed by atoms with van der Waals surface area (Å²) in [5, 5.41) is 2.78. The van der Waals surface area contributed by atoms with Gasteiger partial charge in [-0.3, -0.25) is 9.59 Å². The summed E-state index contributed by atoms with van der Waals surface area (Å²) in [7, 11) is 3.18. The van der Waals surface area contributed by atoms with Crippen LogP contribution in [0.15, 0.2) is 18.2 Å². The van der Waals surface area contributed by atoms with E-state index < -0.39 is 6.04 Å². The summed E-state index contributed by atoms with van der Waals surface area (Å²) in [4.78, 5) is 27.5. The van der Waals surface area contributed by atoms with Gasteiger partial charge in [0.1, 0.15) is 11.4 Å². The topological polar surface area (TPSA) is 67.9 Å². The average Bonchev–Trinajstić information content (AvgIpc) is 3.11. The normalized spacial score (nSPS) is 19.2. The Labute approximate surface area is 172 Å². The number of thioether (sulfide) groups is 1. The molecule has 1 aromatic carbocycles. The molecule has 6 nitrogen and oxygen atoms in total. The smallest absolute Gasteiger partial charge is 0.243 e. The number of amides is 2. The Hall–Kier alpha value is -1.89. The summed E-state index contributed by atoms with van der Waals surface area (Å²) < 4.78 is 10.7. The summed E-state index contributed by atoms with van der Waals surface area (Å²) in [6.45, 7) is 8.61. The maximum Gasteiger partial charge on any atom is 0.243 e. The van der Waals surface area contributed by atoms with Gasteiger partial charge in [0, 0.05) is 18.2 Å². The first-order valence-electron chi connectivity index (χ1n) is 9.73. The molecule has 0 aromatic heterocycles. The Morgan fingerprint density at radius 3 is 2.43 bits per heavy atom. The molecule has 0 spiro atoms. The van der Waals surface area contributed by atoms with E-state index in [9.17, 15) is 9.59 Å². The van der Waals surface area contributed by atoms with Gasteiger partial charge in [-0.15, -0.1) is 11.8 Å². The lowest BCUT2D eigenvalue weighted by Gasteiger charge is -2.31. The number of rotatable bonds is 8. The number of carbonyl (C=O) groups is 2. The molecule has 2 atom stereocenters. The van der Waals surface area contributed by atoms with Crippen molar-refractivity contribution in [3.05, 3.63) is 23.8 Å². The fourth-order valence-corrected chi connectivity index (χ4v) is 4.57. The summed E-state index contributed by atoms with van der Waals surface area (Å²) in [5.74, 6) is 2.06. The molecule has 1 aliphatic heterocycles. The van der Waals surface area contributed by atoms with Crippen LogP contribution >= 0.6 is 11.8 Å². The number of nitrogens with one attached hydrogen (secondary N) is 1. The molecular weight excluding hydrogens is 376 g/mol. The lowest BCUT2D eigenvalue weighted by atomic mass is 10.1. The van der Waals surface area contributed by atoms with Crippen molar-refractivity contribution in [2.45, 2.75) is 45.5 Å². The predicted octanol–water partition coefficient (Wildman–Crippen LogP) is 3.46. The fourth-order valence-electron chi connectivity index (χ4n) is 3.14. The van der Waals surface area contributed by atoms with Gasteiger partial charge in [-0.05, 0) is 30.0 Å². The first kappa shape index (κ1) is 22.4. The first-order chi connectivity index (χ1) is 13.3. The second-order valence-electron chi connectivity index (χ2n) is 7.69. The Kier molecular flexibility index (Phi) is 8.04. The molecule has 1 saturated heterocycles. The van der Waals surface area contributed by atoms with Gasteiger partial charge >= 0.3 is 0 Å². The SMILES string of the molecule is COc1ccc(C2SCC(C(=O)NCCC(C)C)N2C(=O)C(C)C)cc1OC. The van der Waals surface area contributed by atoms with Gasteiger partial charge in [-0.2, -0.15) is 0 Å². The van der Waals surface area contributed by atoms with E-state index in [-0.39, 0.29) is 23.1 Å². The van der Waals surface area contributed by atoms with Crippen LogP contribution in [-0.2, 0) is 9.59 Å². The molecule has 0 saturated carbocycles. The molecule has 28 heavy (non-hydrogen) atoms. The molecule has 156 valence electrons. The van der Waals surface area contributed by atoms with Crippen molar-refractivity contribution in [2.24, 2.45) is 11.8 Å². The zero-order valence-electron chi connectivity index (χ0n) is 17.7. The van der Waals surface area contributed by atoms with E-state index >= 15 is 0 Å². The van der Waals surface area contributed by atoms with Gasteiger partial charge in [-0.25, -0.2) is 0 Å². The van der Waals surface area contributed by atoms with E-state index in [1.165, 1.54) is 0 Å². The second kappa shape index (κ2) is 10.0. The molecule has 1 aromatic rings. The van der Waals surface area contributed by atoms with Gasteiger partial charge in [0.25, 0.3) is 0 Å². The summed E-state index contributed by atoms with van der Waals surface area (Å²) in [5.41, 5.74) is 0.925. The van der Waals surface area contributed by atoms with Crippen LogP contribution in [0.3, 0.4) is 0 Å². The molecule has 2 unspecified atom stereocenters. The van der Waals surface area contributed by atoms with E-state index in [0.29, 0.717) is 29.7 Å². The van der Waals surface area contributed by atoms with Crippen LogP contribution in [0.5, 0.6) is 11.5 Å². The molecule has 1 fully saturated rings. The van der Waals surface area contributed by atoms with Crippen molar-refractivity contribution in [3.63, 3.8) is 0 Å². The molecule has 0 aliphatic carbocycles. The predicted molar refractivity (Wildman–Crippen MR) is 113 cm³/mol. The van der Waals surface area contributed by atoms with Crippen LogP contribution < -0.4 is 14.8 Å². The summed E-state index contributed by atoms with van der Waals surface area (Å²) >= 11 is 1.61. The molecule has 0 radical (unpaired) electrons. The van der Waals surface area contributed by atoms with E-state index in [1.807, 2.05) is 32.0 Å². The molecule has 1 N–H and O–H groups in total. The van der Waals surface area contributed by atoms with Crippen LogP contribution in [0, 0.1) is 11.8 Å². The Balaban J connectivity index is 2.27. The van der Waals surface area contributed by atoms with Crippen LogP contribution in [0.2, 0.25) is 0 Å². The Morgan fingerprint density at radius 1 is 1.18 bits per heavy atom. The second-order valence-corrected chi connectivity index (χ2v) is 8.80. The molecule has 2 amide bonds. The molecule has 2 rings (SSSR count). The number of hydrogen-bond acceptors (Lipinski definition) is 5. The van der Waals surface area contributed by atoms with Crippen LogP contribution in [-0.4, -0.2) is 49.3 Å². The monoisotopic (exact) mass is 408 g/mol. The maximum atomic E-state index is 13.0. The lowest BCUT2D eigenvalue weighted by molar-refractivity contribution is -0.142. The third-order valence-corrected chi connectivity index (χ3v) is 6.09. The number of methoxy groups -OCH3 is 2. The van der Waals surface area contributed by atoms with Crippen molar-refractivity contribution in [1.29, 1.82) is 0 Å². The summed E-state index contributed by atoms with van der Waals surface area (Å²) in [6.07, 6.45) is 0.919. The number of ether oxygens (including phenoxy) is 2. The highest BCUT2D eigenvalue weighted by atomic mass is 32.2. The number of benzene rings is 1. The van der Waals surface area contributed by atoms with Crippen molar-refractivity contribution in [2.75, 3.05) is 26.5 Å². The van der Waals surface area contributed by atoms with Gasteiger partial charge in [0.05, 0.1) is 14.2 Å². The number of nitrogens with zero attached hydrogens (tertiary/aromatic N) is 1. The van der Waals surface area contributed by atoms with Gasteiger partial charge < -0.3 is 19.7 Å². The van der Waals surface area contributed by atoms with Crippen molar-refractivity contribution >= 4 is 23.6 Å². The van der Waals surface area contributed by atoms with Gasteiger partial charge in [0.15, 0.2) is 11.5 Å². The van der Waals surface area contributed by atoms with E-state index in [0.717, 1.165) is 12.0 Å². The van der Waals surface area contributed by atoms with E-state index in [1.54, 1.807) is 30.9 Å². The quantitative estimate of drug-likeness (QED) is 0.713. The highest BCUT2D eigenvalue weighted by molar-refractivity contribution is 7.99. The Morgan fingerprint density at radius 2 is 1.86 bits per heavy atom. The zero-order chi connectivity index (χ0) is 20.8. The fraction of sp³-hybridized carbons (Fsp3) is 0.619. The maximum absolute atomic E-state index is 13.0. The molecular formula is C21H32N2O4S. The molecule has 1 heterocycles. The number of carbonyl (C=O) groups excluding carboxylic acids is 2. The van der Waals surface area contributed by atoms with Crippen LogP contribution in [0.25, 0.3) is 0 Å². The van der Waals surface area contributed by atoms with Gasteiger partial charge in [0.2, 0.25) is 11.8 Å². The van der Waals surface area contributed by atoms with Crippen molar-refractivity contribution < 1.29 is 19.1 Å². The molecule has 7 heteroatoms. The zero-order valence-corrected chi connectivity index (χ0v) is 18.5. The standard InChI is InChI=1S/C21H32N2O4S/c1-13(2)9-10-22-19(24)16-12-28-21(23(16)20(25)14(3)4)15-7-8-17(26-5)18(11-15)27-6/h7-8,11,13-14,16,21H,9-10,12H2,1-6H3,(H,22,24). The lowest BCUT2D eigenvalue weighted by Crippen LogP contribution is -2.49. The van der Waals surface area contributed by atoms with E-state index in [4.69, 9.17) is 9.47 Å². The summed E-state index contributed by atoms with van der Waals surface area (Å²) in [6, 6.07) is 5.18. The molecule has 1 aliphatic rings. The highest BCUT2D eigenvalue weighted by Gasteiger charge is 2.42.